The van der Waals surface area contributed by atoms with Crippen LogP contribution in [0.1, 0.15) is 10.4 Å². The number of anilines is 1. The summed E-state index contributed by atoms with van der Waals surface area (Å²) in [4.78, 5) is 1.33. The fourth-order valence-electron chi connectivity index (χ4n) is 1.42. The molecule has 1 aromatic heterocycles. The Hall–Kier alpha value is -1.03. The van der Waals surface area contributed by atoms with Crippen molar-refractivity contribution < 1.29 is 0 Å². The predicted molar refractivity (Wildman–Crippen MR) is 70.7 cm³/mol. The predicted octanol–water partition coefficient (Wildman–Crippen LogP) is 3.27. The van der Waals surface area contributed by atoms with Gasteiger partial charge >= 0.3 is 0 Å². The lowest BCUT2D eigenvalue weighted by Gasteiger charge is -2.05. The zero-order chi connectivity index (χ0) is 11.4. The third kappa shape index (κ3) is 2.98. The van der Waals surface area contributed by atoms with Gasteiger partial charge in [0, 0.05) is 18.0 Å². The summed E-state index contributed by atoms with van der Waals surface area (Å²) < 4.78 is 0. The van der Waals surface area contributed by atoms with E-state index in [9.17, 15) is 0 Å². The average Bonchev–Trinajstić information content (AvgIpc) is 2.76. The molecular weight excluding hydrogens is 240 g/mol. The van der Waals surface area contributed by atoms with Crippen molar-refractivity contribution in [2.75, 3.05) is 5.73 Å². The summed E-state index contributed by atoms with van der Waals surface area (Å²) in [7, 11) is 0. The van der Waals surface area contributed by atoms with Crippen molar-refractivity contribution in [2.24, 2.45) is 0 Å². The first-order valence-electron chi connectivity index (χ1n) is 5.03. The van der Waals surface area contributed by atoms with Gasteiger partial charge in [-0.2, -0.15) is 0 Å². The summed E-state index contributed by atoms with van der Waals surface area (Å²) in [6.07, 6.45) is 0. The summed E-state index contributed by atoms with van der Waals surface area (Å²) >= 11 is 7.70. The van der Waals surface area contributed by atoms with Crippen molar-refractivity contribution in [1.29, 1.82) is 0 Å². The number of rotatable bonds is 4. The van der Waals surface area contributed by atoms with Crippen LogP contribution in [0, 0.1) is 0 Å². The van der Waals surface area contributed by atoms with Crippen molar-refractivity contribution in [3.8, 4) is 0 Å². The van der Waals surface area contributed by atoms with Gasteiger partial charge in [0.2, 0.25) is 0 Å². The van der Waals surface area contributed by atoms with Crippen molar-refractivity contribution >= 4 is 28.6 Å². The van der Waals surface area contributed by atoms with E-state index in [1.165, 1.54) is 4.88 Å². The van der Waals surface area contributed by atoms with Gasteiger partial charge < -0.3 is 11.1 Å². The lowest BCUT2D eigenvalue weighted by Crippen LogP contribution is -2.11. The van der Waals surface area contributed by atoms with E-state index >= 15 is 0 Å². The second kappa shape index (κ2) is 5.34. The number of nitrogen functional groups attached to an aromatic ring is 1. The van der Waals surface area contributed by atoms with Gasteiger partial charge in [-0.25, -0.2) is 0 Å². The molecule has 84 valence electrons. The Balaban J connectivity index is 1.87. The van der Waals surface area contributed by atoms with E-state index in [0.717, 1.165) is 18.7 Å². The second-order valence-corrected chi connectivity index (χ2v) is 4.98. The highest BCUT2D eigenvalue weighted by atomic mass is 35.5. The first kappa shape index (κ1) is 11.5. The zero-order valence-electron chi connectivity index (χ0n) is 8.74. The monoisotopic (exact) mass is 252 g/mol. The van der Waals surface area contributed by atoms with Gasteiger partial charge in [-0.3, -0.25) is 0 Å². The molecule has 0 unspecified atom stereocenters. The van der Waals surface area contributed by atoms with Crippen LogP contribution in [0.3, 0.4) is 0 Å². The molecule has 0 aliphatic heterocycles. The molecule has 0 aliphatic carbocycles. The molecule has 2 nitrogen and oxygen atoms in total. The molecule has 0 spiro atoms. The van der Waals surface area contributed by atoms with E-state index in [1.807, 2.05) is 18.2 Å². The molecule has 0 saturated heterocycles. The molecule has 2 aromatic rings. The van der Waals surface area contributed by atoms with E-state index in [1.54, 1.807) is 11.3 Å². The van der Waals surface area contributed by atoms with Gasteiger partial charge in [0.25, 0.3) is 0 Å². The molecule has 1 heterocycles. The molecule has 3 N–H and O–H groups in total. The molecule has 0 amide bonds. The van der Waals surface area contributed by atoms with Crippen LogP contribution < -0.4 is 11.1 Å². The molecule has 0 fully saturated rings. The van der Waals surface area contributed by atoms with Gasteiger partial charge in [0.05, 0.1) is 10.7 Å². The highest BCUT2D eigenvalue weighted by Gasteiger charge is 1.98. The van der Waals surface area contributed by atoms with Crippen LogP contribution in [-0.2, 0) is 13.1 Å². The maximum Gasteiger partial charge on any atom is 0.0638 e. The SMILES string of the molecule is Nc1ccc(CNCc2cccs2)cc1Cl. The Labute approximate surface area is 104 Å². The Kier molecular flexibility index (Phi) is 3.83. The minimum Gasteiger partial charge on any atom is -0.398 e. The Morgan fingerprint density at radius 3 is 2.81 bits per heavy atom. The Bertz CT molecular complexity index is 454. The van der Waals surface area contributed by atoms with Gasteiger partial charge in [0.1, 0.15) is 0 Å². The van der Waals surface area contributed by atoms with E-state index in [4.69, 9.17) is 17.3 Å². The summed E-state index contributed by atoms with van der Waals surface area (Å²) in [6, 6.07) is 9.90. The van der Waals surface area contributed by atoms with Crippen molar-refractivity contribution in [3.05, 3.63) is 51.2 Å². The standard InChI is InChI=1S/C12H13ClN2S/c13-11-6-9(3-4-12(11)14)7-15-8-10-2-1-5-16-10/h1-6,15H,7-8,14H2. The second-order valence-electron chi connectivity index (χ2n) is 3.54. The zero-order valence-corrected chi connectivity index (χ0v) is 10.3. The van der Waals surface area contributed by atoms with Crippen LogP contribution in [0.15, 0.2) is 35.7 Å². The number of thiophene rings is 1. The molecule has 0 bridgehead atoms. The number of halogens is 1. The molecule has 4 heteroatoms. The van der Waals surface area contributed by atoms with Gasteiger partial charge in [-0.05, 0) is 29.1 Å². The summed E-state index contributed by atoms with van der Waals surface area (Å²) in [6.45, 7) is 1.69. The largest absolute Gasteiger partial charge is 0.398 e. The van der Waals surface area contributed by atoms with Crippen LogP contribution >= 0.6 is 22.9 Å². The Morgan fingerprint density at radius 1 is 1.25 bits per heavy atom. The van der Waals surface area contributed by atoms with Gasteiger partial charge in [0.15, 0.2) is 0 Å². The molecule has 16 heavy (non-hydrogen) atoms. The molecule has 0 radical (unpaired) electrons. The van der Waals surface area contributed by atoms with Crippen LogP contribution in [0.25, 0.3) is 0 Å². The average molecular weight is 253 g/mol. The maximum atomic E-state index is 5.94. The van der Waals surface area contributed by atoms with Crippen molar-refractivity contribution in [3.63, 3.8) is 0 Å². The summed E-state index contributed by atoms with van der Waals surface area (Å²) in [5.74, 6) is 0. The highest BCUT2D eigenvalue weighted by molar-refractivity contribution is 7.09. The van der Waals surface area contributed by atoms with Crippen LogP contribution in [0.2, 0.25) is 5.02 Å². The van der Waals surface area contributed by atoms with E-state index in [2.05, 4.69) is 22.8 Å². The molecule has 0 saturated carbocycles. The molecular formula is C12H13ClN2S. The fourth-order valence-corrected chi connectivity index (χ4v) is 2.30. The third-order valence-corrected chi connectivity index (χ3v) is 3.48. The number of hydrogen-bond acceptors (Lipinski definition) is 3. The normalized spacial score (nSPS) is 10.6. The molecule has 0 aliphatic rings. The summed E-state index contributed by atoms with van der Waals surface area (Å²) in [5, 5.41) is 6.06. The van der Waals surface area contributed by atoms with Crippen LogP contribution in [-0.4, -0.2) is 0 Å². The van der Waals surface area contributed by atoms with Crippen molar-refractivity contribution in [2.45, 2.75) is 13.1 Å². The number of hydrogen-bond donors (Lipinski definition) is 2. The fraction of sp³-hybridized carbons (Fsp3) is 0.167. The van der Waals surface area contributed by atoms with Crippen LogP contribution in [0.4, 0.5) is 5.69 Å². The van der Waals surface area contributed by atoms with E-state index < -0.39 is 0 Å². The van der Waals surface area contributed by atoms with Gasteiger partial charge in [-0.15, -0.1) is 11.3 Å². The first-order valence-corrected chi connectivity index (χ1v) is 6.28. The highest BCUT2D eigenvalue weighted by Crippen LogP contribution is 2.19. The van der Waals surface area contributed by atoms with Crippen LogP contribution in [0.5, 0.6) is 0 Å². The quantitative estimate of drug-likeness (QED) is 0.820. The number of nitrogens with two attached hydrogens (primary N) is 1. The van der Waals surface area contributed by atoms with Gasteiger partial charge in [-0.1, -0.05) is 23.7 Å². The molecule has 2 rings (SSSR count). The summed E-state index contributed by atoms with van der Waals surface area (Å²) in [5.41, 5.74) is 7.42. The number of nitrogens with one attached hydrogen (secondary N) is 1. The smallest absolute Gasteiger partial charge is 0.0638 e. The lowest BCUT2D eigenvalue weighted by molar-refractivity contribution is 0.701. The van der Waals surface area contributed by atoms with E-state index in [0.29, 0.717) is 10.7 Å². The molecule has 1 aromatic carbocycles. The number of benzene rings is 1. The van der Waals surface area contributed by atoms with Crippen molar-refractivity contribution in [1.82, 2.24) is 5.32 Å². The third-order valence-electron chi connectivity index (χ3n) is 2.27. The first-order chi connectivity index (χ1) is 7.75. The Morgan fingerprint density at radius 2 is 2.12 bits per heavy atom. The topological polar surface area (TPSA) is 38.0 Å². The minimum absolute atomic E-state index is 0.621. The minimum atomic E-state index is 0.621. The molecule has 0 atom stereocenters. The lowest BCUT2D eigenvalue weighted by atomic mass is 10.2. The van der Waals surface area contributed by atoms with E-state index in [-0.39, 0.29) is 0 Å². The maximum absolute atomic E-state index is 5.94.